The molecule has 0 bridgehead atoms. The van der Waals surface area contributed by atoms with E-state index < -0.39 is 11.5 Å². The van der Waals surface area contributed by atoms with Crippen LogP contribution < -0.4 is 5.32 Å². The van der Waals surface area contributed by atoms with Gasteiger partial charge in [0.05, 0.1) is 6.10 Å². The summed E-state index contributed by atoms with van der Waals surface area (Å²) in [4.78, 5) is 11.2. The Morgan fingerprint density at radius 1 is 1.86 bits per heavy atom. The lowest BCUT2D eigenvalue weighted by Crippen LogP contribution is -2.57. The van der Waals surface area contributed by atoms with E-state index in [2.05, 4.69) is 11.9 Å². The molecule has 4 nitrogen and oxygen atoms in total. The second-order valence-corrected chi connectivity index (χ2v) is 3.69. The van der Waals surface area contributed by atoms with Crippen molar-refractivity contribution in [1.82, 2.24) is 5.32 Å². The molecule has 1 heterocycles. The maximum atomic E-state index is 11.2. The van der Waals surface area contributed by atoms with Crippen LogP contribution in [0.4, 0.5) is 0 Å². The van der Waals surface area contributed by atoms with Crippen molar-refractivity contribution in [2.45, 2.75) is 31.4 Å². The molecule has 0 saturated carbocycles. The normalized spacial score (nSPS) is 32.5. The molecule has 0 aliphatic carbocycles. The van der Waals surface area contributed by atoms with Crippen molar-refractivity contribution in [3.63, 3.8) is 0 Å². The topological polar surface area (TPSA) is 58.6 Å². The van der Waals surface area contributed by atoms with Crippen LogP contribution in [0.1, 0.15) is 19.8 Å². The minimum absolute atomic E-state index is 0.00262. The van der Waals surface area contributed by atoms with Crippen molar-refractivity contribution in [2.75, 3.05) is 13.2 Å². The maximum absolute atomic E-state index is 11.2. The summed E-state index contributed by atoms with van der Waals surface area (Å²) in [7, 11) is 0. The quantitative estimate of drug-likeness (QED) is 0.657. The third kappa shape index (κ3) is 2.33. The first-order chi connectivity index (χ1) is 6.60. The number of nitrogens with one attached hydrogen (secondary N) is 1. The van der Waals surface area contributed by atoms with E-state index in [-0.39, 0.29) is 6.10 Å². The molecular formula is C10H17NO3. The molecule has 0 amide bonds. The molecule has 0 aromatic rings. The van der Waals surface area contributed by atoms with Crippen molar-refractivity contribution in [3.05, 3.63) is 12.7 Å². The smallest absolute Gasteiger partial charge is 0.324 e. The summed E-state index contributed by atoms with van der Waals surface area (Å²) in [6.07, 6.45) is 2.69. The van der Waals surface area contributed by atoms with Gasteiger partial charge in [-0.25, -0.2) is 0 Å². The molecule has 4 heteroatoms. The van der Waals surface area contributed by atoms with Gasteiger partial charge in [0.2, 0.25) is 0 Å². The van der Waals surface area contributed by atoms with Crippen LogP contribution in [0.2, 0.25) is 0 Å². The van der Waals surface area contributed by atoms with Gasteiger partial charge in [0, 0.05) is 19.6 Å². The van der Waals surface area contributed by atoms with Gasteiger partial charge in [-0.3, -0.25) is 10.1 Å². The highest BCUT2D eigenvalue weighted by Crippen LogP contribution is 2.24. The zero-order valence-corrected chi connectivity index (χ0v) is 8.45. The molecule has 80 valence electrons. The average Bonchev–Trinajstić information content (AvgIpc) is 2.14. The van der Waals surface area contributed by atoms with Gasteiger partial charge in [-0.15, -0.1) is 6.58 Å². The van der Waals surface area contributed by atoms with Gasteiger partial charge in [0.25, 0.3) is 0 Å². The predicted octanol–water partition coefficient (Wildman–Crippen LogP) is 0.784. The van der Waals surface area contributed by atoms with Crippen molar-refractivity contribution < 1.29 is 14.6 Å². The summed E-state index contributed by atoms with van der Waals surface area (Å²) in [5, 5.41) is 12.2. The van der Waals surface area contributed by atoms with Crippen molar-refractivity contribution in [2.24, 2.45) is 0 Å². The summed E-state index contributed by atoms with van der Waals surface area (Å²) in [5.74, 6) is -0.797. The highest BCUT2D eigenvalue weighted by Gasteiger charge is 2.41. The molecule has 2 N–H and O–H groups in total. The van der Waals surface area contributed by atoms with Gasteiger partial charge in [0.1, 0.15) is 5.54 Å². The fourth-order valence-corrected chi connectivity index (χ4v) is 1.78. The molecule has 0 spiro atoms. The fourth-order valence-electron chi connectivity index (χ4n) is 1.78. The second kappa shape index (κ2) is 4.57. The zero-order chi connectivity index (χ0) is 10.6. The molecule has 1 aliphatic rings. The first-order valence-corrected chi connectivity index (χ1v) is 4.81. The highest BCUT2D eigenvalue weighted by atomic mass is 16.5. The summed E-state index contributed by atoms with van der Waals surface area (Å²) in [6, 6.07) is 0. The monoisotopic (exact) mass is 199 g/mol. The molecule has 0 radical (unpaired) electrons. The molecule has 2 unspecified atom stereocenters. The first kappa shape index (κ1) is 11.2. The standard InChI is InChI=1S/C10H17NO3/c1-3-5-11-10(9(12)13)4-6-14-8(2)7-10/h3,8,11H,1,4-7H2,2H3,(H,12,13). The highest BCUT2D eigenvalue weighted by molar-refractivity contribution is 5.79. The summed E-state index contributed by atoms with van der Waals surface area (Å²) in [6.45, 7) is 6.47. The Balaban J connectivity index is 2.69. The summed E-state index contributed by atoms with van der Waals surface area (Å²) >= 11 is 0. The van der Waals surface area contributed by atoms with E-state index >= 15 is 0 Å². The Kier molecular flexibility index (Phi) is 3.66. The van der Waals surface area contributed by atoms with Gasteiger partial charge in [-0.05, 0) is 13.3 Å². The molecule has 1 saturated heterocycles. The van der Waals surface area contributed by atoms with Crippen LogP contribution in [-0.4, -0.2) is 35.9 Å². The number of carboxylic acid groups (broad SMARTS) is 1. The number of hydrogen-bond acceptors (Lipinski definition) is 3. The van der Waals surface area contributed by atoms with E-state index in [1.165, 1.54) is 0 Å². The van der Waals surface area contributed by atoms with Crippen molar-refractivity contribution in [3.8, 4) is 0 Å². The predicted molar refractivity (Wildman–Crippen MR) is 53.2 cm³/mol. The fraction of sp³-hybridized carbons (Fsp3) is 0.700. The molecule has 2 atom stereocenters. The molecule has 0 aromatic heterocycles. The van der Waals surface area contributed by atoms with E-state index in [4.69, 9.17) is 4.74 Å². The van der Waals surface area contributed by atoms with Gasteiger partial charge >= 0.3 is 5.97 Å². The Hall–Kier alpha value is -0.870. The number of aliphatic carboxylic acids is 1. The van der Waals surface area contributed by atoms with E-state index in [1.807, 2.05) is 6.92 Å². The third-order valence-electron chi connectivity index (χ3n) is 2.56. The lowest BCUT2D eigenvalue weighted by Gasteiger charge is -2.37. The maximum Gasteiger partial charge on any atom is 0.324 e. The van der Waals surface area contributed by atoms with Crippen LogP contribution in [0.5, 0.6) is 0 Å². The van der Waals surface area contributed by atoms with Gasteiger partial charge in [-0.1, -0.05) is 6.08 Å². The van der Waals surface area contributed by atoms with Gasteiger partial charge < -0.3 is 9.84 Å². The van der Waals surface area contributed by atoms with Gasteiger partial charge in [-0.2, -0.15) is 0 Å². The number of rotatable bonds is 4. The van der Waals surface area contributed by atoms with E-state index in [0.29, 0.717) is 26.0 Å². The van der Waals surface area contributed by atoms with E-state index in [1.54, 1.807) is 6.08 Å². The van der Waals surface area contributed by atoms with Crippen molar-refractivity contribution in [1.29, 1.82) is 0 Å². The van der Waals surface area contributed by atoms with Crippen LogP contribution in [0.3, 0.4) is 0 Å². The number of ether oxygens (including phenoxy) is 1. The second-order valence-electron chi connectivity index (χ2n) is 3.69. The number of carboxylic acids is 1. The molecule has 1 aliphatic heterocycles. The lowest BCUT2D eigenvalue weighted by atomic mass is 9.87. The van der Waals surface area contributed by atoms with E-state index in [0.717, 1.165) is 0 Å². The molecule has 1 rings (SSSR count). The van der Waals surface area contributed by atoms with Crippen LogP contribution in [0, 0.1) is 0 Å². The minimum atomic E-state index is -0.828. The average molecular weight is 199 g/mol. The molecule has 0 aromatic carbocycles. The molecule has 14 heavy (non-hydrogen) atoms. The van der Waals surface area contributed by atoms with Crippen LogP contribution in [0.15, 0.2) is 12.7 Å². The Morgan fingerprint density at radius 2 is 2.57 bits per heavy atom. The largest absolute Gasteiger partial charge is 0.480 e. The summed E-state index contributed by atoms with van der Waals surface area (Å²) < 4.78 is 5.33. The Morgan fingerprint density at radius 3 is 3.07 bits per heavy atom. The SMILES string of the molecule is C=CCNC1(C(=O)O)CCOC(C)C1. The Labute approximate surface area is 83.9 Å². The van der Waals surface area contributed by atoms with Crippen LogP contribution in [-0.2, 0) is 9.53 Å². The van der Waals surface area contributed by atoms with E-state index in [9.17, 15) is 9.90 Å². The van der Waals surface area contributed by atoms with Crippen molar-refractivity contribution >= 4 is 5.97 Å². The minimum Gasteiger partial charge on any atom is -0.480 e. The molecular weight excluding hydrogens is 182 g/mol. The Bertz CT molecular complexity index is 229. The number of hydrogen-bond donors (Lipinski definition) is 2. The zero-order valence-electron chi connectivity index (χ0n) is 8.45. The first-order valence-electron chi connectivity index (χ1n) is 4.81. The third-order valence-corrected chi connectivity index (χ3v) is 2.56. The van der Waals surface area contributed by atoms with Crippen LogP contribution in [0.25, 0.3) is 0 Å². The van der Waals surface area contributed by atoms with Crippen LogP contribution >= 0.6 is 0 Å². The lowest BCUT2D eigenvalue weighted by molar-refractivity contribution is -0.151. The molecule has 1 fully saturated rings. The number of carbonyl (C=O) groups is 1. The van der Waals surface area contributed by atoms with Gasteiger partial charge in [0.15, 0.2) is 0 Å². The summed E-state index contributed by atoms with van der Waals surface area (Å²) in [5.41, 5.74) is -0.828.